The predicted octanol–water partition coefficient (Wildman–Crippen LogP) is 2.77. The van der Waals surface area contributed by atoms with Gasteiger partial charge in [-0.25, -0.2) is 0 Å². The van der Waals surface area contributed by atoms with Crippen molar-refractivity contribution >= 4 is 27.7 Å². The molecule has 1 aliphatic heterocycles. The molecule has 13 heavy (non-hydrogen) atoms. The molecule has 1 aromatic carbocycles. The third-order valence-electron chi connectivity index (χ3n) is 2.38. The lowest BCUT2D eigenvalue weighted by Crippen LogP contribution is -2.24. The first kappa shape index (κ1) is 9.56. The van der Waals surface area contributed by atoms with Crippen molar-refractivity contribution in [1.82, 2.24) is 0 Å². The van der Waals surface area contributed by atoms with Crippen LogP contribution in [-0.4, -0.2) is 16.6 Å². The van der Waals surface area contributed by atoms with Crippen LogP contribution < -0.4 is 0 Å². The summed E-state index contributed by atoms with van der Waals surface area (Å²) < 4.78 is 1.06. The van der Waals surface area contributed by atoms with E-state index >= 15 is 0 Å². The highest BCUT2D eigenvalue weighted by molar-refractivity contribution is 9.10. The molecule has 0 radical (unpaired) electrons. The van der Waals surface area contributed by atoms with Crippen LogP contribution in [0.3, 0.4) is 0 Å². The van der Waals surface area contributed by atoms with Crippen molar-refractivity contribution in [3.63, 3.8) is 0 Å². The monoisotopic (exact) mass is 258 g/mol. The van der Waals surface area contributed by atoms with Gasteiger partial charge in [0.25, 0.3) is 0 Å². The summed E-state index contributed by atoms with van der Waals surface area (Å²) in [5.74, 6) is 1.89. The lowest BCUT2D eigenvalue weighted by Gasteiger charge is -2.21. The first-order chi connectivity index (χ1) is 6.21. The molecule has 0 aliphatic carbocycles. The van der Waals surface area contributed by atoms with Gasteiger partial charge in [0, 0.05) is 10.2 Å². The summed E-state index contributed by atoms with van der Waals surface area (Å²) in [5.41, 5.74) is 0.464. The van der Waals surface area contributed by atoms with Crippen molar-refractivity contribution in [3.05, 3.63) is 34.3 Å². The zero-order valence-electron chi connectivity index (χ0n) is 7.16. The fraction of sp³-hybridized carbons (Fsp3) is 0.400. The molecule has 0 bridgehead atoms. The molecule has 0 amide bonds. The number of rotatable bonds is 1. The molecule has 1 fully saturated rings. The molecule has 0 unspecified atom stereocenters. The van der Waals surface area contributed by atoms with Crippen molar-refractivity contribution < 1.29 is 5.11 Å². The molecule has 70 valence electrons. The van der Waals surface area contributed by atoms with Crippen LogP contribution in [0.2, 0.25) is 0 Å². The molecule has 0 spiro atoms. The Bertz CT molecular complexity index is 290. The lowest BCUT2D eigenvalue weighted by molar-refractivity contribution is 0.0658. The molecule has 0 saturated carbocycles. The van der Waals surface area contributed by atoms with Gasteiger partial charge in [-0.05, 0) is 29.9 Å². The van der Waals surface area contributed by atoms with Gasteiger partial charge in [-0.1, -0.05) is 28.1 Å². The van der Waals surface area contributed by atoms with E-state index in [-0.39, 0.29) is 0 Å². The van der Waals surface area contributed by atoms with E-state index in [2.05, 4.69) is 15.9 Å². The Labute approximate surface area is 90.7 Å². The Kier molecular flexibility index (Phi) is 2.67. The van der Waals surface area contributed by atoms with Gasteiger partial charge in [0.15, 0.2) is 0 Å². The summed E-state index contributed by atoms with van der Waals surface area (Å²) >= 11 is 5.20. The van der Waals surface area contributed by atoms with Gasteiger partial charge in [-0.3, -0.25) is 0 Å². The summed E-state index contributed by atoms with van der Waals surface area (Å²) in [4.78, 5) is 0. The number of halogens is 1. The first-order valence-corrected chi connectivity index (χ1v) is 6.22. The Morgan fingerprint density at radius 3 is 2.54 bits per heavy atom. The zero-order chi connectivity index (χ0) is 9.31. The van der Waals surface area contributed by atoms with Crippen LogP contribution in [0.1, 0.15) is 12.0 Å². The highest BCUT2D eigenvalue weighted by atomic mass is 79.9. The molecule has 0 aromatic heterocycles. The van der Waals surface area contributed by atoms with E-state index in [9.17, 15) is 5.11 Å². The van der Waals surface area contributed by atoms with Gasteiger partial charge in [-0.15, -0.1) is 0 Å². The van der Waals surface area contributed by atoms with Crippen LogP contribution in [0.25, 0.3) is 0 Å². The maximum Gasteiger partial charge on any atom is 0.0994 e. The van der Waals surface area contributed by atoms with Crippen molar-refractivity contribution in [2.45, 2.75) is 12.0 Å². The van der Waals surface area contributed by atoms with Gasteiger partial charge in [0.2, 0.25) is 0 Å². The van der Waals surface area contributed by atoms with Gasteiger partial charge < -0.3 is 5.11 Å². The predicted molar refractivity (Wildman–Crippen MR) is 60.0 cm³/mol. The van der Waals surface area contributed by atoms with Crippen molar-refractivity contribution in [3.8, 4) is 0 Å². The molecular formula is C10H11BrOS. The molecule has 1 aliphatic rings. The van der Waals surface area contributed by atoms with E-state index in [0.29, 0.717) is 0 Å². The molecule has 1 atom stereocenters. The quantitative estimate of drug-likeness (QED) is 0.836. The Hall–Kier alpha value is 0.01000. The average molecular weight is 259 g/mol. The second-order valence-corrected chi connectivity index (χ2v) is 5.36. The molecule has 2 rings (SSSR count). The third-order valence-corrected chi connectivity index (χ3v) is 4.09. The summed E-state index contributed by atoms with van der Waals surface area (Å²) in [5, 5.41) is 10.2. The average Bonchev–Trinajstić information content (AvgIpc) is 2.54. The maximum absolute atomic E-state index is 10.2. The van der Waals surface area contributed by atoms with Crippen LogP contribution in [-0.2, 0) is 5.60 Å². The molecule has 3 heteroatoms. The molecular weight excluding hydrogens is 248 g/mol. The summed E-state index contributed by atoms with van der Waals surface area (Å²) in [7, 11) is 0. The minimum Gasteiger partial charge on any atom is -0.384 e. The number of hydrogen-bond acceptors (Lipinski definition) is 2. The Morgan fingerprint density at radius 1 is 1.31 bits per heavy atom. The minimum absolute atomic E-state index is 0.578. The third kappa shape index (κ3) is 1.92. The topological polar surface area (TPSA) is 20.2 Å². The second-order valence-electron chi connectivity index (χ2n) is 3.34. The van der Waals surface area contributed by atoms with E-state index in [1.54, 1.807) is 0 Å². The normalized spacial score (nSPS) is 27.8. The smallest absolute Gasteiger partial charge is 0.0994 e. The van der Waals surface area contributed by atoms with Crippen LogP contribution in [0, 0.1) is 0 Å². The summed E-state index contributed by atoms with van der Waals surface area (Å²) in [6, 6.07) is 7.96. The Morgan fingerprint density at radius 2 is 2.00 bits per heavy atom. The zero-order valence-corrected chi connectivity index (χ0v) is 9.57. The number of thioether (sulfide) groups is 1. The first-order valence-electron chi connectivity index (χ1n) is 4.27. The van der Waals surface area contributed by atoms with Crippen LogP contribution in [0.4, 0.5) is 0 Å². The highest BCUT2D eigenvalue weighted by Crippen LogP contribution is 2.36. The van der Waals surface area contributed by atoms with Gasteiger partial charge in [0.05, 0.1) is 5.60 Å². The summed E-state index contributed by atoms with van der Waals surface area (Å²) in [6.07, 6.45) is 0.874. The van der Waals surface area contributed by atoms with E-state index in [1.807, 2.05) is 36.0 Å². The maximum atomic E-state index is 10.2. The van der Waals surface area contributed by atoms with Gasteiger partial charge in [0.1, 0.15) is 0 Å². The SMILES string of the molecule is O[C@]1(c2ccc(Br)cc2)CCSC1. The highest BCUT2D eigenvalue weighted by Gasteiger charge is 2.33. The fourth-order valence-corrected chi connectivity index (χ4v) is 3.08. The molecule has 1 nitrogen and oxygen atoms in total. The minimum atomic E-state index is -0.578. The van der Waals surface area contributed by atoms with Crippen LogP contribution >= 0.6 is 27.7 Å². The van der Waals surface area contributed by atoms with Crippen LogP contribution in [0.5, 0.6) is 0 Å². The second kappa shape index (κ2) is 3.64. The summed E-state index contributed by atoms with van der Waals surface area (Å²) in [6.45, 7) is 0. The fourth-order valence-electron chi connectivity index (χ4n) is 1.54. The van der Waals surface area contributed by atoms with E-state index in [0.717, 1.165) is 28.0 Å². The van der Waals surface area contributed by atoms with Crippen molar-refractivity contribution in [1.29, 1.82) is 0 Å². The van der Waals surface area contributed by atoms with Crippen LogP contribution in [0.15, 0.2) is 28.7 Å². The van der Waals surface area contributed by atoms with E-state index in [4.69, 9.17) is 0 Å². The number of benzene rings is 1. The molecule has 1 N–H and O–H groups in total. The molecule has 1 aromatic rings. The Balaban J connectivity index is 2.29. The standard InChI is InChI=1S/C10H11BrOS/c11-9-3-1-8(2-4-9)10(12)5-6-13-7-10/h1-4,12H,5-7H2/t10-/m1/s1. The number of hydrogen-bond donors (Lipinski definition) is 1. The van der Waals surface area contributed by atoms with Crippen molar-refractivity contribution in [2.75, 3.05) is 11.5 Å². The molecule has 1 saturated heterocycles. The van der Waals surface area contributed by atoms with E-state index in [1.165, 1.54) is 0 Å². The van der Waals surface area contributed by atoms with Crippen molar-refractivity contribution in [2.24, 2.45) is 0 Å². The van der Waals surface area contributed by atoms with Gasteiger partial charge >= 0.3 is 0 Å². The lowest BCUT2D eigenvalue weighted by atomic mass is 9.94. The molecule has 1 heterocycles. The largest absolute Gasteiger partial charge is 0.384 e. The number of aliphatic hydroxyl groups is 1. The van der Waals surface area contributed by atoms with E-state index < -0.39 is 5.60 Å². The van der Waals surface area contributed by atoms with Gasteiger partial charge in [-0.2, -0.15) is 11.8 Å².